The molecule has 0 saturated carbocycles. The number of nitrogens with zero attached hydrogens (tertiary/aromatic N) is 2. The lowest BCUT2D eigenvalue weighted by molar-refractivity contribution is -0.136. The second kappa shape index (κ2) is 23.8. The van der Waals surface area contributed by atoms with Gasteiger partial charge < -0.3 is 24.8 Å². The molecule has 6 aromatic rings. The summed E-state index contributed by atoms with van der Waals surface area (Å²) in [5.74, 6) is -3.62. The highest BCUT2D eigenvalue weighted by atomic mass is 32.2. The Kier molecular flexibility index (Phi) is 19.2. The molecule has 1 amide bonds. The number of aliphatic carboxylic acids is 1. The van der Waals surface area contributed by atoms with Crippen LogP contribution in [-0.2, 0) is 53.7 Å². The summed E-state index contributed by atoms with van der Waals surface area (Å²) in [6, 6.07) is 17.9. The van der Waals surface area contributed by atoms with Crippen LogP contribution in [0.2, 0.25) is 0 Å². The second-order valence-electron chi connectivity index (χ2n) is 18.2. The number of nitrogens with one attached hydrogen (secondary N) is 1. The van der Waals surface area contributed by atoms with Gasteiger partial charge in [0.05, 0.1) is 48.1 Å². The molecule has 2 heterocycles. The van der Waals surface area contributed by atoms with E-state index in [1.807, 2.05) is 32.4 Å². The van der Waals surface area contributed by atoms with Crippen molar-refractivity contribution in [2.75, 3.05) is 14.2 Å². The molecule has 15 nitrogen and oxygen atoms in total. The molecule has 2 aromatic heterocycles. The monoisotopic (exact) mass is 1050 g/mol. The van der Waals surface area contributed by atoms with Gasteiger partial charge in [-0.1, -0.05) is 27.7 Å². The van der Waals surface area contributed by atoms with Crippen molar-refractivity contribution in [3.8, 4) is 34.0 Å². The molecule has 21 heteroatoms. The van der Waals surface area contributed by atoms with E-state index >= 15 is 0 Å². The molecule has 0 aliphatic rings. The standard InChI is InChI=1S/C26H28F2N2O5S.C17H18FNO3.C9H12FNO3S/c1-15(2)19-11-17(27)12-20(16-8-9-29-25(10-16)35-5)21(19)14-24(31)30-36(33,34)18-6-7-23(28)22(13-18)26(3,4)32;1-10(2)13-7-12(18)8-14(15(13)9-17(20)21)11-4-5-19-16(6-11)22-3;1-9(2,12)7-5-6(15(11,13)14)3-4-8(7)10/h6-13,15,32H,14H2,1-5H3,(H,30,31);4-8,10H,9H2,1-3H3,(H,20,21);3-5,12H,1-2H3,(H2,11,13,14). The third-order valence-corrected chi connectivity index (χ3v) is 13.3. The molecule has 0 saturated heterocycles. The van der Waals surface area contributed by atoms with E-state index in [-0.39, 0.29) is 51.4 Å². The third kappa shape index (κ3) is 15.9. The van der Waals surface area contributed by atoms with Crippen LogP contribution in [0, 0.1) is 23.3 Å². The molecule has 6 rings (SSSR count). The van der Waals surface area contributed by atoms with Crippen LogP contribution in [0.5, 0.6) is 11.8 Å². The lowest BCUT2D eigenvalue weighted by Gasteiger charge is -2.20. The van der Waals surface area contributed by atoms with Crippen molar-refractivity contribution >= 4 is 31.9 Å². The summed E-state index contributed by atoms with van der Waals surface area (Å²) in [5.41, 5.74) is 1.08. The minimum atomic E-state index is -4.39. The van der Waals surface area contributed by atoms with Gasteiger partial charge in [-0.3, -0.25) is 9.59 Å². The van der Waals surface area contributed by atoms with E-state index in [1.54, 1.807) is 30.5 Å². The smallest absolute Gasteiger partial charge is 0.307 e. The molecule has 6 N–H and O–H groups in total. The predicted octanol–water partition coefficient (Wildman–Crippen LogP) is 8.78. The van der Waals surface area contributed by atoms with Gasteiger partial charge in [0, 0.05) is 35.7 Å². The number of methoxy groups -OCH3 is 2. The van der Waals surface area contributed by atoms with Gasteiger partial charge in [0.25, 0.3) is 10.0 Å². The summed E-state index contributed by atoms with van der Waals surface area (Å²) in [7, 11) is -5.33. The summed E-state index contributed by atoms with van der Waals surface area (Å²) in [6.45, 7) is 12.8. The average Bonchev–Trinajstić information content (AvgIpc) is 3.28. The average molecular weight is 1060 g/mol. The summed E-state index contributed by atoms with van der Waals surface area (Å²) < 4.78 is 116. The highest BCUT2D eigenvalue weighted by molar-refractivity contribution is 7.90. The Balaban J connectivity index is 0.000000264. The number of carbonyl (C=O) groups is 2. The van der Waals surface area contributed by atoms with Crippen LogP contribution < -0.4 is 19.3 Å². The van der Waals surface area contributed by atoms with E-state index in [9.17, 15) is 59.3 Å². The van der Waals surface area contributed by atoms with Gasteiger partial charge in [0.15, 0.2) is 0 Å². The van der Waals surface area contributed by atoms with Crippen molar-refractivity contribution in [3.63, 3.8) is 0 Å². The molecule has 0 radical (unpaired) electrons. The molecule has 4 aromatic carbocycles. The van der Waals surface area contributed by atoms with E-state index in [2.05, 4.69) is 9.97 Å². The first-order valence-corrected chi connectivity index (χ1v) is 25.3. The lowest BCUT2D eigenvalue weighted by atomic mass is 9.88. The number of amides is 1. The number of benzene rings is 4. The molecular formula is C52H58F4N4O11S2. The molecule has 0 bridgehead atoms. The molecule has 0 atom stereocenters. The molecule has 0 aliphatic carbocycles. The maximum absolute atomic E-state index is 14.5. The number of pyridine rings is 2. The van der Waals surface area contributed by atoms with Gasteiger partial charge in [-0.05, 0) is 157 Å². The van der Waals surface area contributed by atoms with Crippen molar-refractivity contribution in [1.29, 1.82) is 0 Å². The second-order valence-corrected chi connectivity index (χ2v) is 21.5. The van der Waals surface area contributed by atoms with Crippen molar-refractivity contribution in [3.05, 3.63) is 154 Å². The number of primary sulfonamides is 1. The summed E-state index contributed by atoms with van der Waals surface area (Å²) in [5, 5.41) is 33.8. The minimum Gasteiger partial charge on any atom is -0.481 e. The zero-order valence-electron chi connectivity index (χ0n) is 41.7. The van der Waals surface area contributed by atoms with Crippen LogP contribution in [-0.4, -0.2) is 68.2 Å². The lowest BCUT2D eigenvalue weighted by Crippen LogP contribution is -2.32. The van der Waals surface area contributed by atoms with E-state index in [0.717, 1.165) is 36.4 Å². The topological polar surface area (TPSA) is 245 Å². The number of sulfonamides is 2. The number of nitrogens with two attached hydrogens (primary N) is 1. The highest BCUT2D eigenvalue weighted by Gasteiger charge is 2.27. The molecule has 0 unspecified atom stereocenters. The van der Waals surface area contributed by atoms with Gasteiger partial charge in [-0.25, -0.2) is 54.2 Å². The number of hydrogen-bond acceptors (Lipinski definition) is 12. The first-order valence-electron chi connectivity index (χ1n) is 22.3. The Labute approximate surface area is 422 Å². The van der Waals surface area contributed by atoms with Gasteiger partial charge >= 0.3 is 5.97 Å². The zero-order chi connectivity index (χ0) is 55.0. The Morgan fingerprint density at radius 1 is 0.630 bits per heavy atom. The van der Waals surface area contributed by atoms with Crippen molar-refractivity contribution in [2.45, 2.75) is 101 Å². The molecule has 0 spiro atoms. The van der Waals surface area contributed by atoms with Crippen LogP contribution in [0.1, 0.15) is 101 Å². The van der Waals surface area contributed by atoms with E-state index in [0.29, 0.717) is 56.3 Å². The van der Waals surface area contributed by atoms with Gasteiger partial charge in [-0.15, -0.1) is 0 Å². The largest absolute Gasteiger partial charge is 0.481 e. The van der Waals surface area contributed by atoms with Crippen molar-refractivity contribution in [1.82, 2.24) is 14.7 Å². The fourth-order valence-corrected chi connectivity index (χ4v) is 9.03. The van der Waals surface area contributed by atoms with Crippen LogP contribution in [0.4, 0.5) is 17.6 Å². The summed E-state index contributed by atoms with van der Waals surface area (Å²) in [6.07, 6.45) is 2.51. The number of carbonyl (C=O) groups excluding carboxylic acids is 1. The Morgan fingerprint density at radius 2 is 1.03 bits per heavy atom. The Bertz CT molecular complexity index is 3210. The SMILES string of the molecule is CC(C)(O)c1cc(S(N)(=O)=O)ccc1F.COc1cc(-c2cc(F)cc(C(C)C)c2CC(=O)NS(=O)(=O)c2ccc(F)c(C(C)(C)O)c2)ccn1.COc1cc(-c2cc(F)cc(C(C)C)c2CC(=O)O)ccn1. The van der Waals surface area contributed by atoms with E-state index in [1.165, 1.54) is 72.4 Å². The normalized spacial score (nSPS) is 11.8. The van der Waals surface area contributed by atoms with Crippen molar-refractivity contribution in [2.24, 2.45) is 5.14 Å². The first kappa shape index (κ1) is 58.8. The third-order valence-electron chi connectivity index (χ3n) is 11.0. The fraction of sp³-hybridized carbons (Fsp3) is 0.308. The fourth-order valence-electron chi connectivity index (χ4n) is 7.48. The number of rotatable bonds is 15. The zero-order valence-corrected chi connectivity index (χ0v) is 43.3. The Hall–Kier alpha value is -6.78. The van der Waals surface area contributed by atoms with E-state index < -0.39 is 60.6 Å². The predicted molar refractivity (Wildman–Crippen MR) is 266 cm³/mol. The number of halogens is 4. The maximum atomic E-state index is 14.5. The molecule has 0 aliphatic heterocycles. The van der Waals surface area contributed by atoms with Crippen LogP contribution >= 0.6 is 0 Å². The summed E-state index contributed by atoms with van der Waals surface area (Å²) in [4.78, 5) is 31.6. The first-order chi connectivity index (χ1) is 33.8. The number of aliphatic hydroxyl groups is 2. The number of aromatic nitrogens is 2. The molecule has 73 heavy (non-hydrogen) atoms. The number of ether oxygens (including phenoxy) is 2. The molecule has 0 fully saturated rings. The van der Waals surface area contributed by atoms with Gasteiger partial charge in [0.1, 0.15) is 23.3 Å². The number of carboxylic acids is 1. The van der Waals surface area contributed by atoms with Crippen molar-refractivity contribution < 1.29 is 68.8 Å². The number of hydrogen-bond donors (Lipinski definition) is 5. The van der Waals surface area contributed by atoms with E-state index in [4.69, 9.17) is 14.6 Å². The minimum absolute atomic E-state index is 0.0209. The van der Waals surface area contributed by atoms with Crippen LogP contribution in [0.3, 0.4) is 0 Å². The quantitative estimate of drug-likeness (QED) is 0.0605. The molecule has 392 valence electrons. The van der Waals surface area contributed by atoms with Crippen LogP contribution in [0.25, 0.3) is 22.3 Å². The number of carboxylic acid groups (broad SMARTS) is 1. The maximum Gasteiger partial charge on any atom is 0.307 e. The Morgan fingerprint density at radius 3 is 1.40 bits per heavy atom. The van der Waals surface area contributed by atoms with Gasteiger partial charge in [-0.2, -0.15) is 0 Å². The molecular weight excluding hydrogens is 997 g/mol. The van der Waals surface area contributed by atoms with Crippen LogP contribution in [0.15, 0.2) is 107 Å². The van der Waals surface area contributed by atoms with Gasteiger partial charge in [0.2, 0.25) is 27.7 Å². The summed E-state index contributed by atoms with van der Waals surface area (Å²) >= 11 is 0. The highest BCUT2D eigenvalue weighted by Crippen LogP contribution is 2.35.